The highest BCUT2D eigenvalue weighted by atomic mass is 32.1. The number of carbonyl (C=O) groups excluding carboxylic acids is 1. The Hall–Kier alpha value is -1.69. The van der Waals surface area contributed by atoms with Crippen LogP contribution in [0.1, 0.15) is 24.3 Å². The molecular formula is C20H29N2O2S+. The second-order valence-electron chi connectivity index (χ2n) is 6.76. The van der Waals surface area contributed by atoms with Crippen LogP contribution in [0.3, 0.4) is 0 Å². The van der Waals surface area contributed by atoms with E-state index in [1.807, 2.05) is 47.8 Å². The molecule has 1 aromatic carbocycles. The minimum Gasteiger partial charge on any atom is -0.371 e. The Morgan fingerprint density at radius 3 is 2.32 bits per heavy atom. The van der Waals surface area contributed by atoms with Gasteiger partial charge in [0.15, 0.2) is 0 Å². The molecule has 0 aliphatic rings. The average Bonchev–Trinajstić information content (AvgIpc) is 3.20. The molecule has 0 radical (unpaired) electrons. The zero-order valence-corrected chi connectivity index (χ0v) is 16.4. The molecule has 0 aliphatic heterocycles. The van der Waals surface area contributed by atoms with Gasteiger partial charge in [0.2, 0.25) is 5.60 Å². The molecule has 1 heterocycles. The lowest BCUT2D eigenvalue weighted by molar-refractivity contribution is -0.905. The highest BCUT2D eigenvalue weighted by Gasteiger charge is 2.43. The van der Waals surface area contributed by atoms with Gasteiger partial charge >= 0.3 is 0 Å². The van der Waals surface area contributed by atoms with Gasteiger partial charge in [-0.15, -0.1) is 11.3 Å². The number of likely N-dealkylation sites (N-methyl/N-ethyl adjacent to an activating group) is 2. The van der Waals surface area contributed by atoms with Crippen LogP contribution in [0.4, 0.5) is 0 Å². The minimum absolute atomic E-state index is 0.278. The van der Waals surface area contributed by atoms with E-state index >= 15 is 0 Å². The quantitative estimate of drug-likeness (QED) is 0.735. The van der Waals surface area contributed by atoms with Crippen LogP contribution in [0.15, 0.2) is 47.8 Å². The molecule has 25 heavy (non-hydrogen) atoms. The predicted molar refractivity (Wildman–Crippen MR) is 104 cm³/mol. The first-order valence-electron chi connectivity index (χ1n) is 8.78. The molecule has 0 spiro atoms. The third-order valence-corrected chi connectivity index (χ3v) is 6.21. The van der Waals surface area contributed by atoms with Crippen LogP contribution in [0.5, 0.6) is 0 Å². The van der Waals surface area contributed by atoms with Crippen LogP contribution >= 0.6 is 11.3 Å². The summed E-state index contributed by atoms with van der Waals surface area (Å²) in [6.07, 6.45) is 0. The van der Waals surface area contributed by atoms with Gasteiger partial charge in [-0.05, 0) is 30.9 Å². The molecular weight excluding hydrogens is 332 g/mol. The summed E-state index contributed by atoms with van der Waals surface area (Å²) in [5, 5.41) is 13.3. The van der Waals surface area contributed by atoms with E-state index in [-0.39, 0.29) is 5.91 Å². The van der Waals surface area contributed by atoms with Gasteiger partial charge in [-0.2, -0.15) is 0 Å². The zero-order chi connectivity index (χ0) is 18.5. The number of quaternary nitrogens is 1. The number of hydrogen-bond acceptors (Lipinski definition) is 3. The van der Waals surface area contributed by atoms with Crippen molar-refractivity contribution in [3.05, 3.63) is 58.3 Å². The molecule has 0 bridgehead atoms. The van der Waals surface area contributed by atoms with Crippen molar-refractivity contribution in [1.82, 2.24) is 4.90 Å². The third kappa shape index (κ3) is 4.11. The van der Waals surface area contributed by atoms with E-state index < -0.39 is 5.60 Å². The highest BCUT2D eigenvalue weighted by Crippen LogP contribution is 2.34. The average molecular weight is 362 g/mol. The largest absolute Gasteiger partial charge is 0.371 e. The van der Waals surface area contributed by atoms with E-state index in [1.165, 1.54) is 11.3 Å². The van der Waals surface area contributed by atoms with Gasteiger partial charge in [-0.25, -0.2) is 0 Å². The lowest BCUT2D eigenvalue weighted by atomic mass is 9.90. The molecule has 2 rings (SSSR count). The van der Waals surface area contributed by atoms with Crippen molar-refractivity contribution in [2.75, 3.05) is 40.3 Å². The van der Waals surface area contributed by atoms with Gasteiger partial charge in [0.05, 0.1) is 38.1 Å². The fraction of sp³-hybridized carbons (Fsp3) is 0.450. The third-order valence-electron chi connectivity index (χ3n) is 5.23. The summed E-state index contributed by atoms with van der Waals surface area (Å²) in [7, 11) is 3.97. The van der Waals surface area contributed by atoms with Crippen molar-refractivity contribution < 1.29 is 14.4 Å². The fourth-order valence-electron chi connectivity index (χ4n) is 2.84. The molecule has 0 saturated heterocycles. The van der Waals surface area contributed by atoms with E-state index in [0.717, 1.165) is 24.1 Å². The number of thiophene rings is 1. The predicted octanol–water partition coefficient (Wildman–Crippen LogP) is 2.93. The van der Waals surface area contributed by atoms with Crippen molar-refractivity contribution in [1.29, 1.82) is 0 Å². The molecule has 1 aromatic heterocycles. The number of benzene rings is 1. The molecule has 4 nitrogen and oxygen atoms in total. The van der Waals surface area contributed by atoms with Gasteiger partial charge in [0.1, 0.15) is 0 Å². The summed E-state index contributed by atoms with van der Waals surface area (Å²) >= 11 is 1.40. The van der Waals surface area contributed by atoms with Crippen LogP contribution in [-0.2, 0) is 10.4 Å². The van der Waals surface area contributed by atoms with Gasteiger partial charge in [0, 0.05) is 7.05 Å². The van der Waals surface area contributed by atoms with Crippen molar-refractivity contribution in [2.45, 2.75) is 19.4 Å². The number of nitrogens with zero attached hydrogens (tertiary/aromatic N) is 2. The van der Waals surface area contributed by atoms with Gasteiger partial charge in [-0.1, -0.05) is 36.4 Å². The first kappa shape index (κ1) is 19.6. The molecule has 1 N–H and O–H groups in total. The first-order chi connectivity index (χ1) is 11.9. The summed E-state index contributed by atoms with van der Waals surface area (Å²) in [6, 6.07) is 12.9. The number of carbonyl (C=O) groups is 1. The topological polar surface area (TPSA) is 40.5 Å². The molecule has 136 valence electrons. The number of hydrogen-bond donors (Lipinski definition) is 1. The molecule has 1 atom stereocenters. The van der Waals surface area contributed by atoms with Crippen molar-refractivity contribution in [3.63, 3.8) is 0 Å². The lowest BCUT2D eigenvalue weighted by Gasteiger charge is -2.36. The second-order valence-corrected chi connectivity index (χ2v) is 7.70. The smallest absolute Gasteiger partial charge is 0.264 e. The summed E-state index contributed by atoms with van der Waals surface area (Å²) < 4.78 is 0.903. The highest BCUT2D eigenvalue weighted by molar-refractivity contribution is 7.10. The van der Waals surface area contributed by atoms with Crippen LogP contribution in [0, 0.1) is 0 Å². The van der Waals surface area contributed by atoms with Gasteiger partial charge in [0.25, 0.3) is 5.91 Å². The van der Waals surface area contributed by atoms with E-state index in [4.69, 9.17) is 0 Å². The van der Waals surface area contributed by atoms with Crippen LogP contribution < -0.4 is 0 Å². The minimum atomic E-state index is -1.63. The van der Waals surface area contributed by atoms with E-state index in [1.54, 1.807) is 11.9 Å². The maximum atomic E-state index is 13.2. The van der Waals surface area contributed by atoms with Crippen molar-refractivity contribution >= 4 is 17.2 Å². The van der Waals surface area contributed by atoms with Crippen molar-refractivity contribution in [2.24, 2.45) is 0 Å². The van der Waals surface area contributed by atoms with Crippen LogP contribution in [0.2, 0.25) is 0 Å². The Balaban J connectivity index is 2.28. The summed E-state index contributed by atoms with van der Waals surface area (Å²) in [6.45, 7) is 7.84. The van der Waals surface area contributed by atoms with Crippen LogP contribution in [-0.4, -0.2) is 60.7 Å². The van der Waals surface area contributed by atoms with Gasteiger partial charge < -0.3 is 14.5 Å². The second kappa shape index (κ2) is 8.13. The standard InChI is InChI=1S/C20H29N2O2S/c1-5-22(4,6-2)15-14-21(3)19(23)20(24,18-13-10-16-25-18)17-11-8-7-9-12-17/h7-13,16,24H,5-6,14-15H2,1-4H3/q+1. The Bertz CT molecular complexity index is 668. The maximum absolute atomic E-state index is 13.2. The molecule has 1 amide bonds. The Labute approximate surface area is 154 Å². The molecule has 0 fully saturated rings. The Kier molecular flexibility index (Phi) is 6.38. The Morgan fingerprint density at radius 2 is 1.80 bits per heavy atom. The number of amides is 1. The van der Waals surface area contributed by atoms with E-state index in [9.17, 15) is 9.90 Å². The summed E-state index contributed by atoms with van der Waals surface area (Å²) in [5.41, 5.74) is -1.02. The van der Waals surface area contributed by atoms with Gasteiger partial charge in [-0.3, -0.25) is 4.79 Å². The monoisotopic (exact) mass is 361 g/mol. The number of rotatable bonds is 8. The molecule has 1 unspecified atom stereocenters. The maximum Gasteiger partial charge on any atom is 0.264 e. The first-order valence-corrected chi connectivity index (χ1v) is 9.66. The summed E-state index contributed by atoms with van der Waals surface area (Å²) in [4.78, 5) is 15.5. The lowest BCUT2D eigenvalue weighted by Crippen LogP contribution is -2.52. The number of aliphatic hydroxyl groups is 1. The molecule has 0 saturated carbocycles. The molecule has 2 aromatic rings. The fourth-order valence-corrected chi connectivity index (χ4v) is 3.68. The normalized spacial score (nSPS) is 14.1. The van der Waals surface area contributed by atoms with Crippen LogP contribution in [0.25, 0.3) is 0 Å². The van der Waals surface area contributed by atoms with Crippen molar-refractivity contribution in [3.8, 4) is 0 Å². The van der Waals surface area contributed by atoms with E-state index in [2.05, 4.69) is 20.9 Å². The SMILES string of the molecule is CC[N+](C)(CC)CCN(C)C(=O)C(O)(c1ccccc1)c1cccs1. The molecule has 0 aliphatic carbocycles. The van der Waals surface area contributed by atoms with E-state index in [0.29, 0.717) is 17.0 Å². The zero-order valence-electron chi connectivity index (χ0n) is 15.6. The Morgan fingerprint density at radius 1 is 1.16 bits per heavy atom. The molecule has 5 heteroatoms. The summed E-state index contributed by atoms with van der Waals surface area (Å²) in [5.74, 6) is -0.278.